The molecule has 0 spiro atoms. The van der Waals surface area contributed by atoms with Crippen LogP contribution in [0.1, 0.15) is 61.6 Å². The Labute approximate surface area is 187 Å². The highest BCUT2D eigenvalue weighted by atomic mass is 16.5. The lowest BCUT2D eigenvalue weighted by atomic mass is 9.49. The lowest BCUT2D eigenvalue weighted by Crippen LogP contribution is -2.80. The van der Waals surface area contributed by atoms with Crippen LogP contribution in [0.5, 0.6) is 0 Å². The van der Waals surface area contributed by atoms with Gasteiger partial charge in [-0.1, -0.05) is 17.7 Å². The molecule has 4 heteroatoms. The van der Waals surface area contributed by atoms with E-state index in [1.54, 1.807) is 0 Å². The van der Waals surface area contributed by atoms with Gasteiger partial charge in [-0.3, -0.25) is 0 Å². The van der Waals surface area contributed by atoms with Crippen molar-refractivity contribution in [2.75, 3.05) is 24.7 Å². The predicted molar refractivity (Wildman–Crippen MR) is 125 cm³/mol. The number of rotatable bonds is 5. The maximum atomic E-state index is 6.36. The zero-order valence-corrected chi connectivity index (χ0v) is 19.5. The zero-order valence-electron chi connectivity index (χ0n) is 19.5. The number of benzene rings is 1. The van der Waals surface area contributed by atoms with E-state index in [9.17, 15) is 0 Å². The lowest BCUT2D eigenvalue weighted by Gasteiger charge is -2.54. The van der Waals surface area contributed by atoms with Crippen molar-refractivity contribution in [2.45, 2.75) is 71.8 Å². The second-order valence-electron chi connectivity index (χ2n) is 11.4. The van der Waals surface area contributed by atoms with Gasteiger partial charge in [0.1, 0.15) is 0 Å². The Hall–Kier alpha value is -1.97. The fourth-order valence-electron chi connectivity index (χ4n) is 8.01. The van der Waals surface area contributed by atoms with Crippen LogP contribution in [0.2, 0.25) is 0 Å². The summed E-state index contributed by atoms with van der Waals surface area (Å²) < 4.78 is 6.36. The number of hydrogen-bond donors (Lipinski definition) is 1. The highest BCUT2D eigenvalue weighted by Gasteiger charge is 2.58. The SMILES string of the molecule is Cc1cc(C)c(N2C=CN(CC[C@H]3COC(C45CC6CC(CC(C6)C4)C5)=[NH+]3)C2)c(C)c1. The van der Waals surface area contributed by atoms with E-state index < -0.39 is 0 Å². The van der Waals surface area contributed by atoms with Gasteiger partial charge in [-0.15, -0.1) is 0 Å². The first-order valence-corrected chi connectivity index (χ1v) is 12.5. The second-order valence-corrected chi connectivity index (χ2v) is 11.4. The van der Waals surface area contributed by atoms with Crippen LogP contribution in [-0.4, -0.2) is 36.7 Å². The summed E-state index contributed by atoms with van der Waals surface area (Å²) >= 11 is 0. The highest BCUT2D eigenvalue weighted by Crippen LogP contribution is 2.60. The van der Waals surface area contributed by atoms with Gasteiger partial charge in [-0.2, -0.15) is 0 Å². The van der Waals surface area contributed by atoms with Gasteiger partial charge in [0, 0.05) is 31.1 Å². The smallest absolute Gasteiger partial charge is 0.341 e. The molecule has 1 N–H and O–H groups in total. The third-order valence-electron chi connectivity index (χ3n) is 8.76. The Balaban J connectivity index is 1.07. The molecule has 2 aliphatic heterocycles. The molecular formula is C27H38N3O+. The van der Waals surface area contributed by atoms with Crippen molar-refractivity contribution in [1.82, 2.24) is 4.90 Å². The Morgan fingerprint density at radius 1 is 0.968 bits per heavy atom. The van der Waals surface area contributed by atoms with E-state index in [0.29, 0.717) is 11.5 Å². The minimum absolute atomic E-state index is 0.369. The molecule has 0 unspecified atom stereocenters. The topological polar surface area (TPSA) is 29.7 Å². The van der Waals surface area contributed by atoms with Gasteiger partial charge in [0.15, 0.2) is 12.6 Å². The predicted octanol–water partition coefficient (Wildman–Crippen LogP) is 3.65. The lowest BCUT2D eigenvalue weighted by molar-refractivity contribution is -0.496. The summed E-state index contributed by atoms with van der Waals surface area (Å²) in [6.07, 6.45) is 14.3. The summed E-state index contributed by atoms with van der Waals surface area (Å²) in [5.74, 6) is 4.19. The largest absolute Gasteiger partial charge is 0.441 e. The van der Waals surface area contributed by atoms with E-state index in [1.807, 2.05) is 0 Å². The van der Waals surface area contributed by atoms with Gasteiger partial charge >= 0.3 is 5.90 Å². The first-order valence-electron chi connectivity index (χ1n) is 12.5. The molecule has 1 aromatic carbocycles. The number of aryl methyl sites for hydroxylation is 3. The van der Waals surface area contributed by atoms with E-state index >= 15 is 0 Å². The minimum atomic E-state index is 0.369. The van der Waals surface area contributed by atoms with Gasteiger partial charge in [-0.05, 0) is 88.2 Å². The third-order valence-corrected chi connectivity index (χ3v) is 8.76. The van der Waals surface area contributed by atoms with Crippen LogP contribution in [0.15, 0.2) is 24.5 Å². The summed E-state index contributed by atoms with van der Waals surface area (Å²) in [6.45, 7) is 9.52. The van der Waals surface area contributed by atoms with Crippen molar-refractivity contribution in [2.24, 2.45) is 23.2 Å². The molecule has 4 saturated carbocycles. The van der Waals surface area contributed by atoms with Crippen molar-refractivity contribution in [3.8, 4) is 0 Å². The molecule has 2 heterocycles. The van der Waals surface area contributed by atoms with E-state index in [-0.39, 0.29) is 0 Å². The van der Waals surface area contributed by atoms with E-state index in [4.69, 9.17) is 4.74 Å². The van der Waals surface area contributed by atoms with Gasteiger partial charge in [0.25, 0.3) is 0 Å². The van der Waals surface area contributed by atoms with Crippen molar-refractivity contribution in [3.05, 3.63) is 41.2 Å². The van der Waals surface area contributed by atoms with Crippen LogP contribution in [0, 0.1) is 43.9 Å². The monoisotopic (exact) mass is 420 g/mol. The first kappa shape index (κ1) is 19.7. The summed E-state index contributed by atoms with van der Waals surface area (Å²) in [6, 6.07) is 5.05. The van der Waals surface area contributed by atoms with Crippen LogP contribution in [0.4, 0.5) is 5.69 Å². The number of nitrogens with one attached hydrogen (secondary N) is 1. The van der Waals surface area contributed by atoms with Crippen molar-refractivity contribution >= 4 is 11.6 Å². The molecule has 4 aliphatic carbocycles. The fourth-order valence-corrected chi connectivity index (χ4v) is 8.01. The number of nitrogens with zero attached hydrogens (tertiary/aromatic N) is 2. The molecule has 31 heavy (non-hydrogen) atoms. The van der Waals surface area contributed by atoms with Crippen molar-refractivity contribution in [3.63, 3.8) is 0 Å². The van der Waals surface area contributed by atoms with Crippen molar-refractivity contribution < 1.29 is 9.73 Å². The van der Waals surface area contributed by atoms with E-state index in [0.717, 1.165) is 44.0 Å². The molecular weight excluding hydrogens is 382 g/mol. The number of hydrogen-bond acceptors (Lipinski definition) is 3. The van der Waals surface area contributed by atoms with Gasteiger partial charge in [0.05, 0.1) is 12.1 Å². The average Bonchev–Trinajstić information content (AvgIpc) is 3.34. The van der Waals surface area contributed by atoms with E-state index in [2.05, 4.69) is 60.1 Å². The molecule has 0 radical (unpaired) electrons. The van der Waals surface area contributed by atoms with Gasteiger partial charge in [-0.25, -0.2) is 4.99 Å². The van der Waals surface area contributed by atoms with Gasteiger partial charge in [0.2, 0.25) is 0 Å². The summed E-state index contributed by atoms with van der Waals surface area (Å²) in [5, 5.41) is 0. The minimum Gasteiger partial charge on any atom is -0.441 e. The molecule has 0 amide bonds. The Kier molecular flexibility index (Phi) is 4.63. The quantitative estimate of drug-likeness (QED) is 0.789. The van der Waals surface area contributed by atoms with Crippen LogP contribution < -0.4 is 9.89 Å². The number of anilines is 1. The summed E-state index contributed by atoms with van der Waals surface area (Å²) in [7, 11) is 0. The molecule has 4 nitrogen and oxygen atoms in total. The number of ether oxygens (including phenoxy) is 1. The molecule has 6 aliphatic rings. The van der Waals surface area contributed by atoms with Crippen LogP contribution >= 0.6 is 0 Å². The molecule has 0 aromatic heterocycles. The molecule has 1 aromatic rings. The van der Waals surface area contributed by atoms with E-state index in [1.165, 1.54) is 66.8 Å². The maximum Gasteiger partial charge on any atom is 0.341 e. The summed E-state index contributed by atoms with van der Waals surface area (Å²) in [4.78, 5) is 8.72. The van der Waals surface area contributed by atoms with Crippen LogP contribution in [0.3, 0.4) is 0 Å². The standard InChI is InChI=1S/C27H37N3O/c1-18-8-19(2)25(20(3)9-18)30-7-6-29(17-30)5-4-24-16-31-26(28-24)27-13-21-10-22(14-27)12-23(11-21)15-27/h6-9,21-24H,4-5,10-17H2,1-3H3/p+1/t21?,22?,23?,24-,27?/m0/s1. The molecule has 166 valence electrons. The molecule has 0 saturated heterocycles. The fraction of sp³-hybridized carbons (Fsp3) is 0.667. The first-order chi connectivity index (χ1) is 15.0. The zero-order chi connectivity index (χ0) is 21.2. The second kappa shape index (κ2) is 7.28. The van der Waals surface area contributed by atoms with Crippen LogP contribution in [0.25, 0.3) is 0 Å². The van der Waals surface area contributed by atoms with Crippen molar-refractivity contribution in [1.29, 1.82) is 0 Å². The molecule has 4 bridgehead atoms. The normalized spacial score (nSPS) is 35.8. The third kappa shape index (κ3) is 3.47. The highest BCUT2D eigenvalue weighted by molar-refractivity contribution is 5.78. The molecule has 1 atom stereocenters. The van der Waals surface area contributed by atoms with Crippen LogP contribution in [-0.2, 0) is 4.74 Å². The summed E-state index contributed by atoms with van der Waals surface area (Å²) in [5.41, 5.74) is 5.81. The molecule has 7 rings (SSSR count). The Morgan fingerprint density at radius 2 is 1.61 bits per heavy atom. The Bertz CT molecular complexity index is 874. The van der Waals surface area contributed by atoms with Gasteiger partial charge < -0.3 is 14.5 Å². The Morgan fingerprint density at radius 3 is 2.26 bits per heavy atom. The average molecular weight is 421 g/mol. The maximum absolute atomic E-state index is 6.36. The molecule has 4 fully saturated rings.